The standard InChI is InChI=1S/C35H66N2O2.ClH/c1-4-6-8-10-12-14-16-17-18-19-20-22-24-26-28-33(32(3)38)35(39)37-31-30-36-34(37)29-27-25-23-21-15-13-11-9-7-5-2;/h17-18,32-33,38H,4-16,19-31H2,1-3H3;1H. The van der Waals surface area contributed by atoms with Crippen LogP contribution in [0.5, 0.6) is 0 Å². The average molecular weight is 583 g/mol. The number of allylic oxidation sites excluding steroid dienone is 2. The fourth-order valence-electron chi connectivity index (χ4n) is 5.74. The molecule has 1 amide bonds. The summed E-state index contributed by atoms with van der Waals surface area (Å²) in [5, 5.41) is 10.4. The maximum atomic E-state index is 13.3. The van der Waals surface area contributed by atoms with Crippen molar-refractivity contribution in [2.75, 3.05) is 13.1 Å². The summed E-state index contributed by atoms with van der Waals surface area (Å²) in [6.07, 6.45) is 34.2. The molecule has 0 aliphatic carbocycles. The third kappa shape index (κ3) is 20.1. The Morgan fingerprint density at radius 2 is 1.20 bits per heavy atom. The minimum Gasteiger partial charge on any atom is -0.393 e. The van der Waals surface area contributed by atoms with E-state index in [-0.39, 0.29) is 24.2 Å². The maximum absolute atomic E-state index is 13.3. The maximum Gasteiger partial charge on any atom is 0.233 e. The van der Waals surface area contributed by atoms with Gasteiger partial charge in [-0.25, -0.2) is 0 Å². The molecule has 0 radical (unpaired) electrons. The molecule has 0 saturated carbocycles. The van der Waals surface area contributed by atoms with Crippen LogP contribution in [0.4, 0.5) is 0 Å². The molecule has 0 aromatic carbocycles. The van der Waals surface area contributed by atoms with E-state index in [0.29, 0.717) is 6.54 Å². The summed E-state index contributed by atoms with van der Waals surface area (Å²) in [5.41, 5.74) is 0. The number of amidine groups is 1. The summed E-state index contributed by atoms with van der Waals surface area (Å²) < 4.78 is 0. The molecule has 5 heteroatoms. The largest absolute Gasteiger partial charge is 0.393 e. The molecule has 1 aliphatic heterocycles. The van der Waals surface area contributed by atoms with Gasteiger partial charge in [-0.1, -0.05) is 135 Å². The van der Waals surface area contributed by atoms with Crippen molar-refractivity contribution in [1.29, 1.82) is 0 Å². The smallest absolute Gasteiger partial charge is 0.233 e. The predicted octanol–water partition coefficient (Wildman–Crippen LogP) is 10.6. The molecule has 40 heavy (non-hydrogen) atoms. The summed E-state index contributed by atoms with van der Waals surface area (Å²) in [5.74, 6) is 0.780. The molecule has 0 spiro atoms. The summed E-state index contributed by atoms with van der Waals surface area (Å²) >= 11 is 0. The number of unbranched alkanes of at least 4 members (excludes halogenated alkanes) is 19. The minimum atomic E-state index is -0.596. The Hall–Kier alpha value is -0.870. The molecule has 0 fully saturated rings. The molecule has 1 N–H and O–H groups in total. The van der Waals surface area contributed by atoms with E-state index in [9.17, 15) is 9.90 Å². The number of carbonyl (C=O) groups is 1. The Morgan fingerprint density at radius 1 is 0.750 bits per heavy atom. The number of hydrogen-bond donors (Lipinski definition) is 1. The molecule has 1 heterocycles. The van der Waals surface area contributed by atoms with E-state index in [0.717, 1.165) is 44.5 Å². The van der Waals surface area contributed by atoms with Gasteiger partial charge in [0.05, 0.1) is 18.6 Å². The Morgan fingerprint density at radius 3 is 1.70 bits per heavy atom. The Balaban J connectivity index is 0.0000152. The lowest BCUT2D eigenvalue weighted by Crippen LogP contribution is -2.42. The zero-order valence-corrected chi connectivity index (χ0v) is 27.7. The predicted molar refractivity (Wildman–Crippen MR) is 178 cm³/mol. The van der Waals surface area contributed by atoms with Crippen molar-refractivity contribution in [3.05, 3.63) is 12.2 Å². The molecule has 0 saturated heterocycles. The first-order chi connectivity index (χ1) is 19.1. The van der Waals surface area contributed by atoms with E-state index >= 15 is 0 Å². The Bertz CT molecular complexity index is 635. The van der Waals surface area contributed by atoms with Gasteiger partial charge >= 0.3 is 0 Å². The number of aliphatic imine (C=N–C) groups is 1. The van der Waals surface area contributed by atoms with Crippen molar-refractivity contribution in [3.8, 4) is 0 Å². The van der Waals surface area contributed by atoms with E-state index < -0.39 is 6.10 Å². The van der Waals surface area contributed by atoms with Gasteiger partial charge in [0.2, 0.25) is 5.91 Å². The lowest BCUT2D eigenvalue weighted by molar-refractivity contribution is -0.135. The highest BCUT2D eigenvalue weighted by Gasteiger charge is 2.31. The van der Waals surface area contributed by atoms with Crippen LogP contribution in [0, 0.1) is 5.92 Å². The molecule has 0 aromatic rings. The fraction of sp³-hybridized carbons (Fsp3) is 0.886. The van der Waals surface area contributed by atoms with Crippen LogP contribution < -0.4 is 0 Å². The zero-order valence-electron chi connectivity index (χ0n) is 26.9. The van der Waals surface area contributed by atoms with Crippen LogP contribution >= 0.6 is 12.4 Å². The van der Waals surface area contributed by atoms with Crippen molar-refractivity contribution in [3.63, 3.8) is 0 Å². The third-order valence-electron chi connectivity index (χ3n) is 8.38. The van der Waals surface area contributed by atoms with E-state index in [4.69, 9.17) is 0 Å². The third-order valence-corrected chi connectivity index (χ3v) is 8.38. The van der Waals surface area contributed by atoms with Crippen LogP contribution in [0.25, 0.3) is 0 Å². The molecular formula is C35H67ClN2O2. The van der Waals surface area contributed by atoms with Crippen molar-refractivity contribution < 1.29 is 9.90 Å². The van der Waals surface area contributed by atoms with Gasteiger partial charge in [0.15, 0.2) is 0 Å². The van der Waals surface area contributed by atoms with Crippen molar-refractivity contribution in [2.24, 2.45) is 10.9 Å². The summed E-state index contributed by atoms with van der Waals surface area (Å²) in [7, 11) is 0. The number of nitrogens with zero attached hydrogens (tertiary/aromatic N) is 2. The molecule has 2 unspecified atom stereocenters. The van der Waals surface area contributed by atoms with Gasteiger partial charge in [-0.2, -0.15) is 0 Å². The second-order valence-corrected chi connectivity index (χ2v) is 12.1. The molecule has 1 rings (SSSR count). The number of hydrogen-bond acceptors (Lipinski definition) is 3. The van der Waals surface area contributed by atoms with Crippen LogP contribution in [0.1, 0.15) is 175 Å². The number of aliphatic hydroxyl groups excluding tert-OH is 1. The first-order valence-electron chi connectivity index (χ1n) is 17.3. The van der Waals surface area contributed by atoms with Crippen molar-refractivity contribution in [2.45, 2.75) is 181 Å². The average Bonchev–Trinajstić information content (AvgIpc) is 3.40. The molecule has 4 nitrogen and oxygen atoms in total. The first-order valence-corrected chi connectivity index (χ1v) is 17.3. The quantitative estimate of drug-likeness (QED) is 0.0773. The Kier molecular flexibility index (Phi) is 27.6. The summed E-state index contributed by atoms with van der Waals surface area (Å²) in [6, 6.07) is 0. The number of amides is 1. The lowest BCUT2D eigenvalue weighted by Gasteiger charge is -2.26. The zero-order chi connectivity index (χ0) is 28.4. The lowest BCUT2D eigenvalue weighted by atomic mass is 9.94. The molecule has 0 bridgehead atoms. The van der Waals surface area contributed by atoms with Gasteiger partial charge in [0.25, 0.3) is 0 Å². The molecule has 2 atom stereocenters. The normalized spacial score (nSPS) is 14.9. The van der Waals surface area contributed by atoms with E-state index in [2.05, 4.69) is 31.0 Å². The highest BCUT2D eigenvalue weighted by molar-refractivity contribution is 6.00. The fourth-order valence-corrected chi connectivity index (χ4v) is 5.74. The van der Waals surface area contributed by atoms with Crippen LogP contribution in [-0.4, -0.2) is 40.9 Å². The van der Waals surface area contributed by atoms with Gasteiger partial charge in [0.1, 0.15) is 5.84 Å². The van der Waals surface area contributed by atoms with Crippen LogP contribution in [-0.2, 0) is 4.79 Å². The molecular weight excluding hydrogens is 516 g/mol. The number of rotatable bonds is 27. The van der Waals surface area contributed by atoms with Crippen LogP contribution in [0.2, 0.25) is 0 Å². The summed E-state index contributed by atoms with van der Waals surface area (Å²) in [6.45, 7) is 7.74. The van der Waals surface area contributed by atoms with E-state index in [1.807, 2.05) is 4.90 Å². The second kappa shape index (κ2) is 28.3. The van der Waals surface area contributed by atoms with Gasteiger partial charge < -0.3 is 5.11 Å². The van der Waals surface area contributed by atoms with Gasteiger partial charge in [0, 0.05) is 13.0 Å². The molecule has 1 aliphatic rings. The van der Waals surface area contributed by atoms with Crippen molar-refractivity contribution >= 4 is 24.1 Å². The summed E-state index contributed by atoms with van der Waals surface area (Å²) in [4.78, 5) is 19.9. The SMILES string of the molecule is CCCCCCCCC=CCCCCCCC(C(=O)N1CCN=C1CCCCCCCCCCCC)C(C)O.Cl. The topological polar surface area (TPSA) is 52.9 Å². The van der Waals surface area contributed by atoms with Gasteiger partial charge in [-0.05, 0) is 45.4 Å². The highest BCUT2D eigenvalue weighted by Crippen LogP contribution is 2.22. The first kappa shape index (κ1) is 39.1. The van der Waals surface area contributed by atoms with E-state index in [1.165, 1.54) is 122 Å². The molecule has 0 aromatic heterocycles. The monoisotopic (exact) mass is 582 g/mol. The van der Waals surface area contributed by atoms with E-state index in [1.54, 1.807) is 6.92 Å². The highest BCUT2D eigenvalue weighted by atomic mass is 35.5. The molecule has 236 valence electrons. The van der Waals surface area contributed by atoms with Gasteiger partial charge in [-0.3, -0.25) is 14.7 Å². The minimum absolute atomic E-state index is 0. The van der Waals surface area contributed by atoms with Gasteiger partial charge in [-0.15, -0.1) is 12.4 Å². The van der Waals surface area contributed by atoms with Crippen molar-refractivity contribution in [1.82, 2.24) is 4.90 Å². The number of halogens is 1. The van der Waals surface area contributed by atoms with Crippen LogP contribution in [0.15, 0.2) is 17.1 Å². The number of carbonyl (C=O) groups excluding carboxylic acids is 1. The second-order valence-electron chi connectivity index (χ2n) is 12.1. The number of aliphatic hydroxyl groups is 1. The Labute approximate surface area is 255 Å². The van der Waals surface area contributed by atoms with Crippen LogP contribution in [0.3, 0.4) is 0 Å².